The number of benzene rings is 2. The minimum absolute atomic E-state index is 0.0170. The highest BCUT2D eigenvalue weighted by Gasteiger charge is 2.31. The maximum atomic E-state index is 13.2. The number of unbranched alkanes of at least 4 members (excludes halogenated alkanes) is 3. The molecule has 0 aromatic heterocycles. The van der Waals surface area contributed by atoms with Crippen LogP contribution >= 0.6 is 0 Å². The molecule has 0 spiro atoms. The molecule has 1 N–H and O–H groups in total. The molecule has 0 aliphatic rings. The SMILES string of the molecule is CCCCCCc1cc(C(=O)c2ccccc2)c(C(=O)OCC)c(C(=O)OC)c1O. The van der Waals surface area contributed by atoms with Crippen LogP contribution in [0, 0.1) is 0 Å². The first-order valence-corrected chi connectivity index (χ1v) is 10.2. The monoisotopic (exact) mass is 412 g/mol. The van der Waals surface area contributed by atoms with E-state index in [1.807, 2.05) is 0 Å². The van der Waals surface area contributed by atoms with E-state index < -0.39 is 17.7 Å². The number of hydrogen-bond acceptors (Lipinski definition) is 6. The third kappa shape index (κ3) is 5.26. The van der Waals surface area contributed by atoms with Gasteiger partial charge in [0.1, 0.15) is 11.3 Å². The molecule has 6 nitrogen and oxygen atoms in total. The number of aromatic hydroxyl groups is 1. The zero-order chi connectivity index (χ0) is 22.1. The molecule has 0 heterocycles. The van der Waals surface area contributed by atoms with Gasteiger partial charge >= 0.3 is 11.9 Å². The minimum atomic E-state index is -0.895. The fourth-order valence-corrected chi connectivity index (χ4v) is 3.30. The van der Waals surface area contributed by atoms with E-state index >= 15 is 0 Å². The van der Waals surface area contributed by atoms with Crippen LogP contribution in [0.25, 0.3) is 0 Å². The van der Waals surface area contributed by atoms with Crippen LogP contribution in [0.4, 0.5) is 0 Å². The number of rotatable bonds is 10. The highest BCUT2D eigenvalue weighted by Crippen LogP contribution is 2.33. The molecule has 0 saturated heterocycles. The van der Waals surface area contributed by atoms with E-state index in [4.69, 9.17) is 9.47 Å². The van der Waals surface area contributed by atoms with E-state index in [1.54, 1.807) is 37.3 Å². The Morgan fingerprint density at radius 1 is 0.933 bits per heavy atom. The molecule has 2 aromatic carbocycles. The van der Waals surface area contributed by atoms with Gasteiger partial charge in [0.05, 0.1) is 19.3 Å². The average molecular weight is 412 g/mol. The molecule has 0 aliphatic carbocycles. The fourth-order valence-electron chi connectivity index (χ4n) is 3.30. The molecule has 0 unspecified atom stereocenters. The van der Waals surface area contributed by atoms with Crippen molar-refractivity contribution in [2.45, 2.75) is 46.0 Å². The number of esters is 2. The van der Waals surface area contributed by atoms with Gasteiger partial charge in [-0.1, -0.05) is 56.5 Å². The highest BCUT2D eigenvalue weighted by atomic mass is 16.5. The molecule has 0 aliphatic heterocycles. The summed E-state index contributed by atoms with van der Waals surface area (Å²) >= 11 is 0. The molecular weight excluding hydrogens is 384 g/mol. The zero-order valence-electron chi connectivity index (χ0n) is 17.7. The Labute approximate surface area is 176 Å². The van der Waals surface area contributed by atoms with Crippen LogP contribution < -0.4 is 0 Å². The van der Waals surface area contributed by atoms with Crippen molar-refractivity contribution in [1.82, 2.24) is 0 Å². The Morgan fingerprint density at radius 3 is 2.23 bits per heavy atom. The summed E-state index contributed by atoms with van der Waals surface area (Å²) in [6, 6.07) is 9.95. The van der Waals surface area contributed by atoms with Crippen molar-refractivity contribution in [1.29, 1.82) is 0 Å². The van der Waals surface area contributed by atoms with Gasteiger partial charge in [0, 0.05) is 11.1 Å². The van der Waals surface area contributed by atoms with E-state index in [1.165, 1.54) is 6.07 Å². The van der Waals surface area contributed by atoms with Crippen LogP contribution in [-0.2, 0) is 15.9 Å². The summed E-state index contributed by atoms with van der Waals surface area (Å²) in [4.78, 5) is 38.5. The van der Waals surface area contributed by atoms with Crippen LogP contribution in [0.3, 0.4) is 0 Å². The van der Waals surface area contributed by atoms with Crippen molar-refractivity contribution >= 4 is 17.7 Å². The van der Waals surface area contributed by atoms with Gasteiger partial charge in [-0.25, -0.2) is 9.59 Å². The maximum Gasteiger partial charge on any atom is 0.342 e. The molecule has 2 aromatic rings. The number of carbonyl (C=O) groups excluding carboxylic acids is 3. The highest BCUT2D eigenvalue weighted by molar-refractivity contribution is 6.18. The molecule has 6 heteroatoms. The van der Waals surface area contributed by atoms with Gasteiger partial charge in [0.25, 0.3) is 0 Å². The number of phenolic OH excluding ortho intramolecular Hbond substituents is 1. The summed E-state index contributed by atoms with van der Waals surface area (Å²) in [5.41, 5.74) is 0.208. The van der Waals surface area contributed by atoms with Crippen molar-refractivity contribution in [2.75, 3.05) is 13.7 Å². The number of methoxy groups -OCH3 is 1. The standard InChI is InChI=1S/C24H28O6/c1-4-6-7-9-14-17-15-18(21(25)16-12-10-8-11-13-16)19(24(28)30-5-2)20(22(17)26)23(27)29-3/h8,10-13,15,26H,4-7,9,14H2,1-3H3. The number of aryl methyl sites for hydroxylation is 1. The van der Waals surface area contributed by atoms with Crippen molar-refractivity contribution < 1.29 is 29.0 Å². The average Bonchev–Trinajstić information content (AvgIpc) is 2.76. The van der Waals surface area contributed by atoms with Gasteiger partial charge in [0.2, 0.25) is 0 Å². The first-order valence-electron chi connectivity index (χ1n) is 10.2. The Kier molecular flexibility index (Phi) is 8.59. The first kappa shape index (κ1) is 23.1. The number of hydrogen-bond donors (Lipinski definition) is 1. The van der Waals surface area contributed by atoms with Crippen LogP contribution in [0.5, 0.6) is 5.75 Å². The number of ketones is 1. The smallest absolute Gasteiger partial charge is 0.342 e. The molecule has 0 fully saturated rings. The Morgan fingerprint density at radius 2 is 1.63 bits per heavy atom. The number of ether oxygens (including phenoxy) is 2. The Hall–Kier alpha value is -3.15. The van der Waals surface area contributed by atoms with Gasteiger partial charge in [-0.2, -0.15) is 0 Å². The Balaban J connectivity index is 2.69. The van der Waals surface area contributed by atoms with E-state index in [2.05, 4.69) is 6.92 Å². The van der Waals surface area contributed by atoms with Crippen LogP contribution in [0.2, 0.25) is 0 Å². The molecular formula is C24H28O6. The summed E-state index contributed by atoms with van der Waals surface area (Å²) in [7, 11) is 1.16. The summed E-state index contributed by atoms with van der Waals surface area (Å²) in [5, 5.41) is 10.8. The molecule has 2 rings (SSSR count). The second kappa shape index (κ2) is 11.1. The molecule has 0 saturated carbocycles. The number of carbonyl (C=O) groups is 3. The summed E-state index contributed by atoms with van der Waals surface area (Å²) in [6.45, 7) is 3.77. The molecule has 0 atom stereocenters. The lowest BCUT2D eigenvalue weighted by Gasteiger charge is -2.17. The molecule has 160 valence electrons. The third-order valence-electron chi connectivity index (χ3n) is 4.83. The normalized spacial score (nSPS) is 10.5. The van der Waals surface area contributed by atoms with E-state index in [0.29, 0.717) is 17.5 Å². The summed E-state index contributed by atoms with van der Waals surface area (Å²) in [5.74, 6) is -2.53. The van der Waals surface area contributed by atoms with Gasteiger partial charge in [0.15, 0.2) is 5.78 Å². The van der Waals surface area contributed by atoms with E-state index in [-0.39, 0.29) is 29.0 Å². The largest absolute Gasteiger partial charge is 0.507 e. The Bertz CT molecular complexity index is 902. The van der Waals surface area contributed by atoms with Gasteiger partial charge in [-0.3, -0.25) is 4.79 Å². The lowest BCUT2D eigenvalue weighted by Crippen LogP contribution is -2.20. The predicted octanol–water partition coefficient (Wildman–Crippen LogP) is 4.71. The van der Waals surface area contributed by atoms with Gasteiger partial charge in [-0.05, 0) is 31.4 Å². The van der Waals surface area contributed by atoms with Crippen LogP contribution in [0.15, 0.2) is 36.4 Å². The van der Waals surface area contributed by atoms with Crippen molar-refractivity contribution in [3.8, 4) is 5.75 Å². The topological polar surface area (TPSA) is 89.9 Å². The second-order valence-electron chi connectivity index (χ2n) is 6.90. The quantitative estimate of drug-likeness (QED) is 0.345. The van der Waals surface area contributed by atoms with E-state index in [9.17, 15) is 19.5 Å². The van der Waals surface area contributed by atoms with Crippen LogP contribution in [0.1, 0.15) is 81.7 Å². The lowest BCUT2D eigenvalue weighted by atomic mass is 9.89. The zero-order valence-corrected chi connectivity index (χ0v) is 17.7. The van der Waals surface area contributed by atoms with Crippen LogP contribution in [-0.4, -0.2) is 36.5 Å². The van der Waals surface area contributed by atoms with Crippen molar-refractivity contribution in [2.24, 2.45) is 0 Å². The summed E-state index contributed by atoms with van der Waals surface area (Å²) < 4.78 is 9.89. The molecule has 30 heavy (non-hydrogen) atoms. The number of phenols is 1. The van der Waals surface area contributed by atoms with Gasteiger partial charge < -0.3 is 14.6 Å². The molecule has 0 amide bonds. The van der Waals surface area contributed by atoms with Crippen molar-refractivity contribution in [3.63, 3.8) is 0 Å². The minimum Gasteiger partial charge on any atom is -0.507 e. The predicted molar refractivity (Wildman–Crippen MR) is 113 cm³/mol. The van der Waals surface area contributed by atoms with E-state index in [0.717, 1.165) is 32.8 Å². The molecule has 0 bridgehead atoms. The fraction of sp³-hybridized carbons (Fsp3) is 0.375. The molecule has 0 radical (unpaired) electrons. The lowest BCUT2D eigenvalue weighted by molar-refractivity contribution is 0.0499. The third-order valence-corrected chi connectivity index (χ3v) is 4.83. The van der Waals surface area contributed by atoms with Gasteiger partial charge in [-0.15, -0.1) is 0 Å². The summed E-state index contributed by atoms with van der Waals surface area (Å²) in [6.07, 6.45) is 4.29. The second-order valence-corrected chi connectivity index (χ2v) is 6.90. The first-order chi connectivity index (χ1) is 14.5. The maximum absolute atomic E-state index is 13.2. The van der Waals surface area contributed by atoms with Crippen molar-refractivity contribution in [3.05, 3.63) is 64.2 Å².